The minimum Gasteiger partial charge on any atom is -0.329 e. The largest absolute Gasteiger partial charge is 0.329 e. The van der Waals surface area contributed by atoms with Gasteiger partial charge in [0, 0.05) is 17.5 Å². The summed E-state index contributed by atoms with van der Waals surface area (Å²) < 4.78 is 0. The number of carbonyl (C=O) groups is 1. The maximum Gasteiger partial charge on any atom is 0.274 e. The molecule has 1 aromatic rings. The zero-order valence-electron chi connectivity index (χ0n) is 12.8. The Morgan fingerprint density at radius 3 is 2.65 bits per heavy atom. The number of rotatable bonds is 2. The quantitative estimate of drug-likeness (QED) is 0.836. The van der Waals surface area contributed by atoms with Crippen molar-refractivity contribution in [1.82, 2.24) is 14.9 Å². The standard InChI is InChI=1S/C15H22ClN3O/c1-9(2)13-17-8-11(16)12(18-13)14(20)19-10(3)6-7-15(19,4)5/h8-10H,6-7H2,1-5H3. The lowest BCUT2D eigenvalue weighted by molar-refractivity contribution is 0.0571. The molecule has 1 fully saturated rings. The van der Waals surface area contributed by atoms with Crippen molar-refractivity contribution in [3.63, 3.8) is 0 Å². The Bertz CT molecular complexity index is 528. The molecule has 0 radical (unpaired) electrons. The van der Waals surface area contributed by atoms with Crippen LogP contribution in [0.5, 0.6) is 0 Å². The van der Waals surface area contributed by atoms with Crippen LogP contribution in [0.25, 0.3) is 0 Å². The zero-order valence-corrected chi connectivity index (χ0v) is 13.5. The molecule has 0 bridgehead atoms. The predicted octanol–water partition coefficient (Wildman–Crippen LogP) is 3.66. The zero-order chi connectivity index (χ0) is 15.1. The van der Waals surface area contributed by atoms with Gasteiger partial charge < -0.3 is 4.90 Å². The van der Waals surface area contributed by atoms with E-state index in [-0.39, 0.29) is 23.4 Å². The number of halogens is 1. The second-order valence-corrected chi connectivity index (χ2v) is 6.86. The molecule has 0 aliphatic carbocycles. The van der Waals surface area contributed by atoms with E-state index in [4.69, 9.17) is 11.6 Å². The third kappa shape index (κ3) is 2.66. The number of likely N-dealkylation sites (tertiary alicyclic amines) is 1. The van der Waals surface area contributed by atoms with E-state index in [1.807, 2.05) is 18.7 Å². The first-order valence-corrected chi connectivity index (χ1v) is 7.48. The first-order chi connectivity index (χ1) is 9.24. The van der Waals surface area contributed by atoms with Gasteiger partial charge in [0.2, 0.25) is 0 Å². The van der Waals surface area contributed by atoms with Gasteiger partial charge in [-0.2, -0.15) is 0 Å². The number of carbonyl (C=O) groups excluding carboxylic acids is 1. The molecule has 1 aromatic heterocycles. The van der Waals surface area contributed by atoms with Gasteiger partial charge in [0.05, 0.1) is 11.2 Å². The van der Waals surface area contributed by atoms with Crippen LogP contribution in [0.15, 0.2) is 6.20 Å². The van der Waals surface area contributed by atoms with Crippen molar-refractivity contribution in [1.29, 1.82) is 0 Å². The molecule has 0 spiro atoms. The Balaban J connectivity index is 2.40. The monoisotopic (exact) mass is 295 g/mol. The molecule has 1 aliphatic rings. The molecule has 20 heavy (non-hydrogen) atoms. The average molecular weight is 296 g/mol. The molecule has 1 saturated heterocycles. The fourth-order valence-electron chi connectivity index (χ4n) is 2.81. The Labute approximate surface area is 125 Å². The molecular formula is C15H22ClN3O. The van der Waals surface area contributed by atoms with Crippen molar-refractivity contribution >= 4 is 17.5 Å². The lowest BCUT2D eigenvalue weighted by atomic mass is 10.0. The van der Waals surface area contributed by atoms with Gasteiger partial charge in [-0.3, -0.25) is 4.79 Å². The molecule has 2 rings (SSSR count). The van der Waals surface area contributed by atoms with E-state index in [2.05, 4.69) is 30.7 Å². The SMILES string of the molecule is CC(C)c1ncc(Cl)c(C(=O)N2C(C)CCC2(C)C)n1. The van der Waals surface area contributed by atoms with Gasteiger partial charge in [-0.1, -0.05) is 25.4 Å². The van der Waals surface area contributed by atoms with Crippen molar-refractivity contribution in [2.75, 3.05) is 0 Å². The number of hydrogen-bond donors (Lipinski definition) is 0. The van der Waals surface area contributed by atoms with E-state index in [0.29, 0.717) is 16.5 Å². The molecule has 2 heterocycles. The van der Waals surface area contributed by atoms with Crippen LogP contribution in [0.3, 0.4) is 0 Å². The first kappa shape index (κ1) is 15.2. The molecule has 1 unspecified atom stereocenters. The molecule has 4 nitrogen and oxygen atoms in total. The Kier molecular flexibility index (Phi) is 4.05. The maximum absolute atomic E-state index is 12.8. The van der Waals surface area contributed by atoms with Gasteiger partial charge in [-0.05, 0) is 33.6 Å². The molecule has 1 atom stereocenters. The highest BCUT2D eigenvalue weighted by Crippen LogP contribution is 2.35. The topological polar surface area (TPSA) is 46.1 Å². The third-order valence-electron chi connectivity index (χ3n) is 3.97. The minimum atomic E-state index is -0.150. The first-order valence-electron chi connectivity index (χ1n) is 7.10. The van der Waals surface area contributed by atoms with Crippen LogP contribution in [0.4, 0.5) is 0 Å². The van der Waals surface area contributed by atoms with E-state index in [1.54, 1.807) is 0 Å². The Hall–Kier alpha value is -1.16. The second kappa shape index (κ2) is 5.32. The summed E-state index contributed by atoms with van der Waals surface area (Å²) in [6.07, 6.45) is 3.54. The minimum absolute atomic E-state index is 0.0886. The summed E-state index contributed by atoms with van der Waals surface area (Å²) in [6, 6.07) is 0.214. The van der Waals surface area contributed by atoms with E-state index >= 15 is 0 Å². The van der Waals surface area contributed by atoms with E-state index in [9.17, 15) is 4.79 Å². The van der Waals surface area contributed by atoms with Crippen LogP contribution >= 0.6 is 11.6 Å². The fourth-order valence-corrected chi connectivity index (χ4v) is 2.98. The molecule has 0 N–H and O–H groups in total. The lowest BCUT2D eigenvalue weighted by Crippen LogP contribution is -2.46. The summed E-state index contributed by atoms with van der Waals surface area (Å²) in [5.41, 5.74) is 0.176. The maximum atomic E-state index is 12.8. The predicted molar refractivity (Wildman–Crippen MR) is 80.1 cm³/mol. The molecule has 110 valence electrons. The van der Waals surface area contributed by atoms with Crippen LogP contribution in [-0.2, 0) is 0 Å². The molecule has 0 saturated carbocycles. The summed E-state index contributed by atoms with van der Waals surface area (Å²) >= 11 is 6.14. The van der Waals surface area contributed by atoms with E-state index < -0.39 is 0 Å². The molecule has 1 amide bonds. The van der Waals surface area contributed by atoms with Crippen molar-refractivity contribution in [3.05, 3.63) is 22.7 Å². The molecule has 5 heteroatoms. The van der Waals surface area contributed by atoms with Gasteiger partial charge in [0.1, 0.15) is 5.82 Å². The fraction of sp³-hybridized carbons (Fsp3) is 0.667. The number of amides is 1. The normalized spacial score (nSPS) is 21.6. The smallest absolute Gasteiger partial charge is 0.274 e. The number of hydrogen-bond acceptors (Lipinski definition) is 3. The van der Waals surface area contributed by atoms with E-state index in [0.717, 1.165) is 12.8 Å². The second-order valence-electron chi connectivity index (χ2n) is 6.45. The van der Waals surface area contributed by atoms with E-state index in [1.165, 1.54) is 6.20 Å². The lowest BCUT2D eigenvalue weighted by Gasteiger charge is -2.34. The van der Waals surface area contributed by atoms with Gasteiger partial charge in [-0.25, -0.2) is 9.97 Å². The highest BCUT2D eigenvalue weighted by atomic mass is 35.5. The van der Waals surface area contributed by atoms with Crippen LogP contribution in [-0.4, -0.2) is 32.4 Å². The summed E-state index contributed by atoms with van der Waals surface area (Å²) in [7, 11) is 0. The van der Waals surface area contributed by atoms with Gasteiger partial charge in [-0.15, -0.1) is 0 Å². The van der Waals surface area contributed by atoms with Gasteiger partial charge in [0.15, 0.2) is 5.69 Å². The number of nitrogens with zero attached hydrogens (tertiary/aromatic N) is 3. The van der Waals surface area contributed by atoms with Crippen LogP contribution in [0.2, 0.25) is 5.02 Å². The highest BCUT2D eigenvalue weighted by Gasteiger charge is 2.41. The third-order valence-corrected chi connectivity index (χ3v) is 4.24. The Morgan fingerprint density at radius 2 is 2.15 bits per heavy atom. The average Bonchev–Trinajstić information content (AvgIpc) is 2.63. The molecule has 1 aliphatic heterocycles. The summed E-state index contributed by atoms with van der Waals surface area (Å²) in [4.78, 5) is 23.3. The summed E-state index contributed by atoms with van der Waals surface area (Å²) in [5.74, 6) is 0.736. The van der Waals surface area contributed by atoms with Crippen LogP contribution < -0.4 is 0 Å². The highest BCUT2D eigenvalue weighted by molar-refractivity contribution is 6.33. The Morgan fingerprint density at radius 1 is 1.50 bits per heavy atom. The molecule has 0 aromatic carbocycles. The van der Waals surface area contributed by atoms with Gasteiger partial charge in [0.25, 0.3) is 5.91 Å². The van der Waals surface area contributed by atoms with Crippen molar-refractivity contribution in [3.8, 4) is 0 Å². The molecular weight excluding hydrogens is 274 g/mol. The summed E-state index contributed by atoms with van der Waals surface area (Å²) in [5, 5.41) is 0.328. The number of aromatic nitrogens is 2. The van der Waals surface area contributed by atoms with Crippen molar-refractivity contribution < 1.29 is 4.79 Å². The van der Waals surface area contributed by atoms with Crippen molar-refractivity contribution in [2.24, 2.45) is 0 Å². The summed E-state index contributed by atoms with van der Waals surface area (Å²) in [6.45, 7) is 10.3. The van der Waals surface area contributed by atoms with Gasteiger partial charge >= 0.3 is 0 Å². The van der Waals surface area contributed by atoms with Crippen molar-refractivity contribution in [2.45, 2.75) is 65.0 Å². The van der Waals surface area contributed by atoms with Crippen LogP contribution in [0.1, 0.15) is 69.7 Å². The van der Waals surface area contributed by atoms with Crippen LogP contribution in [0, 0.1) is 0 Å².